The second-order valence-electron chi connectivity index (χ2n) is 7.09. The van der Waals surface area contributed by atoms with Crippen LogP contribution in [0.15, 0.2) is 120 Å². The first kappa shape index (κ1) is 17.3. The Labute approximate surface area is 168 Å². The molecule has 29 heavy (non-hydrogen) atoms. The van der Waals surface area contributed by atoms with Crippen molar-refractivity contribution in [2.45, 2.75) is 5.54 Å². The van der Waals surface area contributed by atoms with E-state index in [1.54, 1.807) is 0 Å². The molecule has 140 valence electrons. The van der Waals surface area contributed by atoms with Crippen molar-refractivity contribution in [1.82, 2.24) is 9.55 Å². The maximum absolute atomic E-state index is 13.4. The third-order valence-corrected chi connectivity index (χ3v) is 5.50. The molecular weight excluding hydrogens is 356 g/mol. The van der Waals surface area contributed by atoms with Crippen molar-refractivity contribution in [3.8, 4) is 0 Å². The number of rotatable bonds is 4. The first-order valence-corrected chi connectivity index (χ1v) is 9.68. The summed E-state index contributed by atoms with van der Waals surface area (Å²) in [4.78, 5) is 16.5. The minimum atomic E-state index is -0.805. The lowest BCUT2D eigenvalue weighted by Crippen LogP contribution is -2.43. The molecule has 0 fully saturated rings. The number of imidazole rings is 1. The fourth-order valence-corrected chi connectivity index (χ4v) is 4.31. The summed E-state index contributed by atoms with van der Waals surface area (Å²) in [6, 6.07) is 38.6. The molecule has 0 spiro atoms. The molecule has 0 atom stereocenters. The minimum Gasteiger partial charge on any atom is -0.305 e. The van der Waals surface area contributed by atoms with Gasteiger partial charge in [0.15, 0.2) is 0 Å². The maximum Gasteiger partial charge on any atom is 0.327 e. The lowest BCUT2D eigenvalue weighted by molar-refractivity contribution is 0.514. The fourth-order valence-electron chi connectivity index (χ4n) is 4.31. The van der Waals surface area contributed by atoms with Gasteiger partial charge in [-0.15, -0.1) is 0 Å². The number of fused-ring (bicyclic) bond motifs is 1. The quantitative estimate of drug-likeness (QED) is 0.432. The van der Waals surface area contributed by atoms with E-state index in [-0.39, 0.29) is 5.69 Å². The molecule has 5 rings (SSSR count). The van der Waals surface area contributed by atoms with Gasteiger partial charge in [-0.25, -0.2) is 4.79 Å². The molecule has 4 aromatic carbocycles. The largest absolute Gasteiger partial charge is 0.327 e. The predicted octanol–water partition coefficient (Wildman–Crippen LogP) is 5.17. The van der Waals surface area contributed by atoms with E-state index in [1.807, 2.05) is 83.4 Å². The zero-order valence-electron chi connectivity index (χ0n) is 15.8. The van der Waals surface area contributed by atoms with Crippen molar-refractivity contribution >= 4 is 11.0 Å². The van der Waals surface area contributed by atoms with Crippen LogP contribution >= 0.6 is 0 Å². The summed E-state index contributed by atoms with van der Waals surface area (Å²) in [6.45, 7) is 0. The van der Waals surface area contributed by atoms with E-state index in [9.17, 15) is 4.79 Å². The third-order valence-electron chi connectivity index (χ3n) is 5.50. The van der Waals surface area contributed by atoms with Crippen molar-refractivity contribution < 1.29 is 0 Å². The summed E-state index contributed by atoms with van der Waals surface area (Å²) in [5, 5.41) is 0. The monoisotopic (exact) mass is 376 g/mol. The second-order valence-corrected chi connectivity index (χ2v) is 7.09. The first-order chi connectivity index (χ1) is 14.3. The standard InChI is InChI=1S/C26H20N2O/c29-25-27-23-18-10-11-19-24(23)28(25)26(20-12-4-1-5-13-20,21-14-6-2-7-15-21)22-16-8-3-9-17-22/h1-19H,(H,27,29). The van der Waals surface area contributed by atoms with Crippen LogP contribution in [-0.4, -0.2) is 9.55 Å². The molecule has 0 saturated carbocycles. The molecule has 0 amide bonds. The van der Waals surface area contributed by atoms with Gasteiger partial charge in [0.25, 0.3) is 0 Å². The molecule has 1 N–H and O–H groups in total. The normalized spacial score (nSPS) is 11.6. The number of benzene rings is 4. The van der Waals surface area contributed by atoms with E-state index < -0.39 is 5.54 Å². The number of aromatic amines is 1. The van der Waals surface area contributed by atoms with Gasteiger partial charge >= 0.3 is 5.69 Å². The fraction of sp³-hybridized carbons (Fsp3) is 0.0385. The van der Waals surface area contributed by atoms with Crippen LogP contribution in [0, 0.1) is 0 Å². The number of nitrogens with one attached hydrogen (secondary N) is 1. The molecule has 1 heterocycles. The molecule has 3 nitrogen and oxygen atoms in total. The van der Waals surface area contributed by atoms with Crippen LogP contribution in [0.1, 0.15) is 16.7 Å². The van der Waals surface area contributed by atoms with Gasteiger partial charge in [0.1, 0.15) is 5.54 Å². The number of hydrogen-bond acceptors (Lipinski definition) is 1. The molecular formula is C26H20N2O. The second kappa shape index (κ2) is 6.95. The summed E-state index contributed by atoms with van der Waals surface area (Å²) in [6.07, 6.45) is 0. The summed E-state index contributed by atoms with van der Waals surface area (Å²) in [7, 11) is 0. The van der Waals surface area contributed by atoms with Gasteiger partial charge in [0.2, 0.25) is 0 Å². The molecule has 0 radical (unpaired) electrons. The maximum atomic E-state index is 13.4. The van der Waals surface area contributed by atoms with E-state index >= 15 is 0 Å². The molecule has 5 aromatic rings. The Morgan fingerprint density at radius 1 is 0.552 bits per heavy atom. The number of hydrogen-bond donors (Lipinski definition) is 1. The van der Waals surface area contributed by atoms with Gasteiger partial charge < -0.3 is 4.98 Å². The van der Waals surface area contributed by atoms with Crippen molar-refractivity contribution in [2.75, 3.05) is 0 Å². The van der Waals surface area contributed by atoms with Crippen molar-refractivity contribution in [1.29, 1.82) is 0 Å². The van der Waals surface area contributed by atoms with Crippen LogP contribution in [0.5, 0.6) is 0 Å². The van der Waals surface area contributed by atoms with Gasteiger partial charge in [-0.05, 0) is 28.8 Å². The summed E-state index contributed by atoms with van der Waals surface area (Å²) in [5.74, 6) is 0. The lowest BCUT2D eigenvalue weighted by Gasteiger charge is -2.37. The lowest BCUT2D eigenvalue weighted by atomic mass is 9.76. The highest BCUT2D eigenvalue weighted by molar-refractivity contribution is 5.77. The average Bonchev–Trinajstić information content (AvgIpc) is 3.13. The Morgan fingerprint density at radius 3 is 1.45 bits per heavy atom. The Balaban J connectivity index is 2.02. The van der Waals surface area contributed by atoms with Crippen LogP contribution in [0.25, 0.3) is 11.0 Å². The molecule has 0 bridgehead atoms. The summed E-state index contributed by atoms with van der Waals surface area (Å²) in [5.41, 5.74) is 3.85. The molecule has 3 heteroatoms. The van der Waals surface area contributed by atoms with E-state index in [4.69, 9.17) is 0 Å². The van der Waals surface area contributed by atoms with Gasteiger partial charge in [-0.3, -0.25) is 4.57 Å². The Morgan fingerprint density at radius 2 is 0.966 bits per heavy atom. The van der Waals surface area contributed by atoms with Crippen LogP contribution in [0.4, 0.5) is 0 Å². The van der Waals surface area contributed by atoms with Gasteiger partial charge in [-0.2, -0.15) is 0 Å². The van der Waals surface area contributed by atoms with Crippen LogP contribution in [-0.2, 0) is 5.54 Å². The Bertz CT molecular complexity index is 1210. The highest BCUT2D eigenvalue weighted by atomic mass is 16.1. The number of nitrogens with zero attached hydrogens (tertiary/aromatic N) is 1. The van der Waals surface area contributed by atoms with Crippen molar-refractivity contribution in [3.63, 3.8) is 0 Å². The van der Waals surface area contributed by atoms with E-state index in [1.165, 1.54) is 0 Å². The molecule has 0 aliphatic carbocycles. The van der Waals surface area contributed by atoms with Crippen LogP contribution < -0.4 is 5.69 Å². The Hall–Kier alpha value is -3.85. The molecule has 1 aromatic heterocycles. The number of H-pyrrole nitrogens is 1. The summed E-state index contributed by atoms with van der Waals surface area (Å²) >= 11 is 0. The van der Waals surface area contributed by atoms with Crippen molar-refractivity contribution in [2.24, 2.45) is 0 Å². The zero-order valence-corrected chi connectivity index (χ0v) is 15.8. The van der Waals surface area contributed by atoms with Gasteiger partial charge in [0.05, 0.1) is 11.0 Å². The van der Waals surface area contributed by atoms with Crippen LogP contribution in [0.2, 0.25) is 0 Å². The van der Waals surface area contributed by atoms with E-state index in [0.29, 0.717) is 0 Å². The minimum absolute atomic E-state index is 0.136. The summed E-state index contributed by atoms with van der Waals surface area (Å²) < 4.78 is 1.89. The smallest absolute Gasteiger partial charge is 0.305 e. The third kappa shape index (κ3) is 2.63. The topological polar surface area (TPSA) is 37.8 Å². The molecule has 0 aliphatic heterocycles. The highest BCUT2D eigenvalue weighted by Gasteiger charge is 2.40. The zero-order chi connectivity index (χ0) is 19.7. The van der Waals surface area contributed by atoms with Gasteiger partial charge in [0, 0.05) is 0 Å². The SMILES string of the molecule is O=c1[nH]c2ccccc2n1C(c1ccccc1)(c1ccccc1)c1ccccc1. The number of para-hydroxylation sites is 2. The average molecular weight is 376 g/mol. The molecule has 0 aliphatic rings. The predicted molar refractivity (Wildman–Crippen MR) is 117 cm³/mol. The van der Waals surface area contributed by atoms with Crippen LogP contribution in [0.3, 0.4) is 0 Å². The first-order valence-electron chi connectivity index (χ1n) is 9.68. The van der Waals surface area contributed by atoms with Crippen molar-refractivity contribution in [3.05, 3.63) is 142 Å². The Kier molecular flexibility index (Phi) is 4.14. The van der Waals surface area contributed by atoms with E-state index in [2.05, 4.69) is 41.4 Å². The van der Waals surface area contributed by atoms with Gasteiger partial charge in [-0.1, -0.05) is 103 Å². The van der Waals surface area contributed by atoms with E-state index in [0.717, 1.165) is 27.7 Å². The number of aromatic nitrogens is 2. The molecule has 0 saturated heterocycles. The highest BCUT2D eigenvalue weighted by Crippen LogP contribution is 2.41. The molecule has 0 unspecified atom stereocenters.